The SMILES string of the molecule is COc1ncc(F)cc1S(=O)(=O)Nc1ccc(F)c(-c2ccc3c(C(=O)NCCCO)n[nH]c3c2F)c1F. The number of amides is 1. The molecule has 0 bridgehead atoms. The number of anilines is 1. The van der Waals surface area contributed by atoms with Crippen LogP contribution in [0.2, 0.25) is 0 Å². The molecular formula is C23H19F4N5O5S. The second-order valence-electron chi connectivity index (χ2n) is 7.81. The Morgan fingerprint density at radius 1 is 1.13 bits per heavy atom. The van der Waals surface area contributed by atoms with Crippen LogP contribution in [0.25, 0.3) is 22.0 Å². The van der Waals surface area contributed by atoms with Crippen molar-refractivity contribution in [3.8, 4) is 17.0 Å². The Kier molecular flexibility index (Phi) is 7.50. The van der Waals surface area contributed by atoms with E-state index in [2.05, 4.69) is 20.5 Å². The summed E-state index contributed by atoms with van der Waals surface area (Å²) in [5.74, 6) is -5.98. The van der Waals surface area contributed by atoms with Crippen LogP contribution < -0.4 is 14.8 Å². The van der Waals surface area contributed by atoms with E-state index in [-0.39, 0.29) is 36.2 Å². The third-order valence-corrected chi connectivity index (χ3v) is 6.74. The summed E-state index contributed by atoms with van der Waals surface area (Å²) in [5, 5.41) is 17.4. The number of benzene rings is 2. The first-order chi connectivity index (χ1) is 18.1. The van der Waals surface area contributed by atoms with Crippen molar-refractivity contribution in [1.82, 2.24) is 20.5 Å². The van der Waals surface area contributed by atoms with Gasteiger partial charge in [0.2, 0.25) is 5.88 Å². The van der Waals surface area contributed by atoms with Gasteiger partial charge in [0.05, 0.1) is 24.6 Å². The molecule has 0 spiro atoms. The quantitative estimate of drug-likeness (QED) is 0.184. The summed E-state index contributed by atoms with van der Waals surface area (Å²) < 4.78 is 91.6. The number of aliphatic hydroxyl groups is 1. The molecule has 0 saturated carbocycles. The van der Waals surface area contributed by atoms with Gasteiger partial charge in [-0.3, -0.25) is 14.6 Å². The third-order valence-electron chi connectivity index (χ3n) is 5.38. The number of fused-ring (bicyclic) bond motifs is 1. The fourth-order valence-electron chi connectivity index (χ4n) is 3.62. The van der Waals surface area contributed by atoms with Gasteiger partial charge in [0.25, 0.3) is 15.9 Å². The summed E-state index contributed by atoms with van der Waals surface area (Å²) in [5.41, 5.74) is -2.76. The molecule has 0 aliphatic heterocycles. The number of sulfonamides is 1. The number of aromatic nitrogens is 3. The molecule has 1 amide bonds. The number of methoxy groups -OCH3 is 1. The van der Waals surface area contributed by atoms with E-state index in [9.17, 15) is 22.0 Å². The first-order valence-corrected chi connectivity index (χ1v) is 12.3. The van der Waals surface area contributed by atoms with E-state index in [1.807, 2.05) is 4.72 Å². The highest BCUT2D eigenvalue weighted by molar-refractivity contribution is 7.92. The van der Waals surface area contributed by atoms with E-state index in [0.29, 0.717) is 18.3 Å². The molecule has 0 aliphatic rings. The van der Waals surface area contributed by atoms with Crippen LogP contribution in [0.5, 0.6) is 5.88 Å². The van der Waals surface area contributed by atoms with Crippen LogP contribution in [0.3, 0.4) is 0 Å². The maximum absolute atomic E-state index is 15.4. The summed E-state index contributed by atoms with van der Waals surface area (Å²) >= 11 is 0. The van der Waals surface area contributed by atoms with Gasteiger partial charge < -0.3 is 15.2 Å². The smallest absolute Gasteiger partial charge is 0.272 e. The number of pyridine rings is 1. The predicted octanol–water partition coefficient (Wildman–Crippen LogP) is 3.10. The van der Waals surface area contributed by atoms with E-state index < -0.39 is 66.8 Å². The lowest BCUT2D eigenvalue weighted by molar-refractivity contribution is 0.0947. The molecule has 15 heteroatoms. The van der Waals surface area contributed by atoms with Crippen molar-refractivity contribution in [2.75, 3.05) is 25.0 Å². The van der Waals surface area contributed by atoms with Crippen molar-refractivity contribution in [1.29, 1.82) is 0 Å². The molecule has 0 fully saturated rings. The van der Waals surface area contributed by atoms with Gasteiger partial charge in [0, 0.05) is 30.2 Å². The molecule has 200 valence electrons. The molecule has 2 aromatic heterocycles. The van der Waals surface area contributed by atoms with Gasteiger partial charge in [-0.05, 0) is 24.6 Å². The third kappa shape index (κ3) is 4.97. The Labute approximate surface area is 212 Å². The fraction of sp³-hybridized carbons (Fsp3) is 0.174. The van der Waals surface area contributed by atoms with Gasteiger partial charge >= 0.3 is 0 Å². The number of aliphatic hydroxyl groups excluding tert-OH is 1. The number of halogens is 4. The van der Waals surface area contributed by atoms with Crippen LogP contribution in [-0.2, 0) is 10.0 Å². The Hall–Kier alpha value is -4.24. The van der Waals surface area contributed by atoms with Gasteiger partial charge in [0.15, 0.2) is 22.2 Å². The van der Waals surface area contributed by atoms with Crippen LogP contribution in [0.15, 0.2) is 41.4 Å². The van der Waals surface area contributed by atoms with Crippen LogP contribution in [0, 0.1) is 23.3 Å². The largest absolute Gasteiger partial charge is 0.480 e. The van der Waals surface area contributed by atoms with Crippen molar-refractivity contribution in [3.05, 3.63) is 65.5 Å². The van der Waals surface area contributed by atoms with E-state index in [1.165, 1.54) is 6.07 Å². The number of nitrogens with one attached hydrogen (secondary N) is 3. The lowest BCUT2D eigenvalue weighted by atomic mass is 10.0. The van der Waals surface area contributed by atoms with Crippen molar-refractivity contribution in [2.24, 2.45) is 0 Å². The van der Waals surface area contributed by atoms with Gasteiger partial charge in [-0.15, -0.1) is 0 Å². The van der Waals surface area contributed by atoms with E-state index in [0.717, 1.165) is 19.2 Å². The standard InChI is InChI=1S/C23H19F4N5O5S/c1-37-23-16(9-11(24)10-29-23)38(35,36)32-15-6-5-14(25)17(19(15)27)12-3-4-13-20(18(12)26)30-31-21(13)22(34)28-7-2-8-33/h3-6,9-10,32-33H,2,7-8H2,1H3,(H,28,34)(H,30,31). The highest BCUT2D eigenvalue weighted by Gasteiger charge is 2.27. The molecule has 2 aromatic carbocycles. The normalized spacial score (nSPS) is 11.5. The zero-order valence-corrected chi connectivity index (χ0v) is 20.3. The summed E-state index contributed by atoms with van der Waals surface area (Å²) in [7, 11) is -3.59. The van der Waals surface area contributed by atoms with Gasteiger partial charge in [-0.2, -0.15) is 5.10 Å². The van der Waals surface area contributed by atoms with E-state index >= 15 is 8.78 Å². The molecule has 4 aromatic rings. The molecule has 0 radical (unpaired) electrons. The van der Waals surface area contributed by atoms with Crippen LogP contribution in [0.4, 0.5) is 23.2 Å². The molecule has 0 aliphatic carbocycles. The Morgan fingerprint density at radius 3 is 2.61 bits per heavy atom. The molecule has 0 saturated heterocycles. The van der Waals surface area contributed by atoms with Crippen LogP contribution >= 0.6 is 0 Å². The summed E-state index contributed by atoms with van der Waals surface area (Å²) in [6.45, 7) is -0.0144. The number of rotatable bonds is 9. The lowest BCUT2D eigenvalue weighted by Crippen LogP contribution is -2.25. The number of hydrogen-bond donors (Lipinski definition) is 4. The minimum absolute atomic E-state index is 0.0242. The number of hydrogen-bond acceptors (Lipinski definition) is 7. The van der Waals surface area contributed by atoms with Crippen LogP contribution in [0.1, 0.15) is 16.9 Å². The molecular weight excluding hydrogens is 534 g/mol. The van der Waals surface area contributed by atoms with Crippen LogP contribution in [-0.4, -0.2) is 54.9 Å². The predicted molar refractivity (Wildman–Crippen MR) is 127 cm³/mol. The molecule has 0 unspecified atom stereocenters. The maximum atomic E-state index is 15.4. The first kappa shape index (κ1) is 26.8. The molecule has 10 nitrogen and oxygen atoms in total. The summed E-state index contributed by atoms with van der Waals surface area (Å²) in [4.78, 5) is 15.1. The lowest BCUT2D eigenvalue weighted by Gasteiger charge is -2.14. The monoisotopic (exact) mass is 553 g/mol. The highest BCUT2D eigenvalue weighted by Crippen LogP contribution is 2.36. The van der Waals surface area contributed by atoms with E-state index in [1.54, 1.807) is 0 Å². The number of carbonyl (C=O) groups excluding carboxylic acids is 1. The molecule has 4 rings (SSSR count). The topological polar surface area (TPSA) is 146 Å². The Morgan fingerprint density at radius 2 is 1.89 bits per heavy atom. The Bertz CT molecular complexity index is 1650. The molecule has 38 heavy (non-hydrogen) atoms. The summed E-state index contributed by atoms with van der Waals surface area (Å²) in [6, 6.07) is 4.31. The van der Waals surface area contributed by atoms with Gasteiger partial charge in [0.1, 0.15) is 17.2 Å². The van der Waals surface area contributed by atoms with Crippen molar-refractivity contribution in [2.45, 2.75) is 11.3 Å². The van der Waals surface area contributed by atoms with Crippen molar-refractivity contribution >= 4 is 32.5 Å². The molecule has 2 heterocycles. The first-order valence-electron chi connectivity index (χ1n) is 10.9. The average molecular weight is 553 g/mol. The van der Waals surface area contributed by atoms with Gasteiger partial charge in [-0.25, -0.2) is 31.0 Å². The maximum Gasteiger partial charge on any atom is 0.272 e. The number of carbonyl (C=O) groups is 1. The Balaban J connectivity index is 1.75. The number of ether oxygens (including phenoxy) is 1. The van der Waals surface area contributed by atoms with Crippen molar-refractivity contribution in [3.63, 3.8) is 0 Å². The number of nitrogens with zero attached hydrogens (tertiary/aromatic N) is 2. The summed E-state index contributed by atoms with van der Waals surface area (Å²) in [6.07, 6.45) is 1.00. The zero-order chi connectivity index (χ0) is 27.6. The minimum atomic E-state index is -4.68. The van der Waals surface area contributed by atoms with Gasteiger partial charge in [-0.1, -0.05) is 6.07 Å². The zero-order valence-electron chi connectivity index (χ0n) is 19.5. The second-order valence-corrected chi connectivity index (χ2v) is 9.46. The van der Waals surface area contributed by atoms with E-state index in [4.69, 9.17) is 9.84 Å². The highest BCUT2D eigenvalue weighted by atomic mass is 32.2. The van der Waals surface area contributed by atoms with Crippen molar-refractivity contribution < 1.29 is 40.6 Å². The number of aromatic amines is 1. The molecule has 4 N–H and O–H groups in total. The second kappa shape index (κ2) is 10.6. The average Bonchev–Trinajstić information content (AvgIpc) is 3.32. The number of H-pyrrole nitrogens is 1. The molecule has 0 atom stereocenters. The fourth-order valence-corrected chi connectivity index (χ4v) is 4.81. The minimum Gasteiger partial charge on any atom is -0.480 e.